The van der Waals surface area contributed by atoms with Crippen molar-refractivity contribution in [2.45, 2.75) is 19.3 Å². The zero-order valence-electron chi connectivity index (χ0n) is 11.7. The van der Waals surface area contributed by atoms with Crippen LogP contribution in [-0.4, -0.2) is 9.55 Å². The molecule has 2 aromatic carbocycles. The van der Waals surface area contributed by atoms with Gasteiger partial charge in [0.05, 0.1) is 17.0 Å². The largest absolute Gasteiger partial charge is 0.322 e. The fourth-order valence-corrected chi connectivity index (χ4v) is 2.64. The summed E-state index contributed by atoms with van der Waals surface area (Å²) >= 11 is 6.02. The van der Waals surface area contributed by atoms with E-state index in [4.69, 9.17) is 11.6 Å². The van der Waals surface area contributed by atoms with E-state index in [1.807, 2.05) is 12.1 Å². The molecule has 1 heterocycles. The Morgan fingerprint density at radius 2 is 1.95 bits per heavy atom. The highest BCUT2D eigenvalue weighted by Gasteiger charge is 2.13. The number of benzene rings is 2. The Hall–Kier alpha value is -2.31. The van der Waals surface area contributed by atoms with Crippen molar-refractivity contribution in [2.24, 2.45) is 0 Å². The van der Waals surface area contributed by atoms with Gasteiger partial charge in [-0.2, -0.15) is 5.26 Å². The SMILES string of the molecule is Cc1ccc(Cn2c(CCl)nc3c(C#N)cccc32)cc1. The van der Waals surface area contributed by atoms with Crippen LogP contribution in [0.3, 0.4) is 0 Å². The number of para-hydroxylation sites is 1. The first-order chi connectivity index (χ1) is 10.2. The molecule has 0 saturated heterocycles. The smallest absolute Gasteiger partial charge is 0.125 e. The van der Waals surface area contributed by atoms with Gasteiger partial charge in [-0.25, -0.2) is 4.98 Å². The van der Waals surface area contributed by atoms with Crippen LogP contribution in [0.4, 0.5) is 0 Å². The Balaban J connectivity index is 2.13. The number of aromatic nitrogens is 2. The van der Waals surface area contributed by atoms with Gasteiger partial charge in [-0.3, -0.25) is 0 Å². The third-order valence-corrected chi connectivity index (χ3v) is 3.80. The van der Waals surface area contributed by atoms with Crippen molar-refractivity contribution in [1.29, 1.82) is 5.26 Å². The van der Waals surface area contributed by atoms with Gasteiger partial charge in [-0.15, -0.1) is 11.6 Å². The number of nitrogens with zero attached hydrogens (tertiary/aromatic N) is 3. The van der Waals surface area contributed by atoms with Gasteiger partial charge in [-0.1, -0.05) is 35.9 Å². The van der Waals surface area contributed by atoms with E-state index in [1.165, 1.54) is 11.1 Å². The Morgan fingerprint density at radius 1 is 1.19 bits per heavy atom. The van der Waals surface area contributed by atoms with Crippen LogP contribution < -0.4 is 0 Å². The van der Waals surface area contributed by atoms with Crippen LogP contribution in [0, 0.1) is 18.3 Å². The number of halogens is 1. The second kappa shape index (κ2) is 5.59. The lowest BCUT2D eigenvalue weighted by Gasteiger charge is -2.08. The summed E-state index contributed by atoms with van der Waals surface area (Å²) in [4.78, 5) is 4.52. The maximum Gasteiger partial charge on any atom is 0.125 e. The Kier molecular flexibility index (Phi) is 3.64. The summed E-state index contributed by atoms with van der Waals surface area (Å²) in [6, 6.07) is 16.2. The number of aryl methyl sites for hydroxylation is 1. The normalized spacial score (nSPS) is 10.7. The summed E-state index contributed by atoms with van der Waals surface area (Å²) in [6.45, 7) is 2.77. The molecule has 3 aromatic rings. The summed E-state index contributed by atoms with van der Waals surface area (Å²) in [5.74, 6) is 1.11. The van der Waals surface area contributed by atoms with Gasteiger partial charge < -0.3 is 4.57 Å². The molecule has 0 aliphatic rings. The highest BCUT2D eigenvalue weighted by molar-refractivity contribution is 6.16. The molecular formula is C17H14ClN3. The molecule has 0 spiro atoms. The highest BCUT2D eigenvalue weighted by Crippen LogP contribution is 2.22. The molecule has 0 atom stereocenters. The summed E-state index contributed by atoms with van der Waals surface area (Å²) < 4.78 is 2.08. The number of fused-ring (bicyclic) bond motifs is 1. The summed E-state index contributed by atoms with van der Waals surface area (Å²) in [6.07, 6.45) is 0. The Morgan fingerprint density at radius 3 is 2.62 bits per heavy atom. The van der Waals surface area contributed by atoms with E-state index in [-0.39, 0.29) is 0 Å². The molecule has 3 rings (SSSR count). The van der Waals surface area contributed by atoms with E-state index in [9.17, 15) is 5.26 Å². The molecule has 0 radical (unpaired) electrons. The van der Waals surface area contributed by atoms with E-state index in [0.29, 0.717) is 18.0 Å². The number of hydrogen-bond donors (Lipinski definition) is 0. The quantitative estimate of drug-likeness (QED) is 0.685. The third kappa shape index (κ3) is 2.51. The molecule has 0 aliphatic carbocycles. The first kappa shape index (κ1) is 13.7. The molecule has 0 saturated carbocycles. The molecule has 0 bridgehead atoms. The molecule has 21 heavy (non-hydrogen) atoms. The van der Waals surface area contributed by atoms with Crippen LogP contribution >= 0.6 is 11.6 Å². The number of hydrogen-bond acceptors (Lipinski definition) is 2. The molecule has 0 amide bonds. The van der Waals surface area contributed by atoms with Crippen molar-refractivity contribution < 1.29 is 0 Å². The lowest BCUT2D eigenvalue weighted by atomic mass is 10.1. The fraction of sp³-hybridized carbons (Fsp3) is 0.176. The fourth-order valence-electron chi connectivity index (χ4n) is 2.44. The number of nitriles is 1. The first-order valence-corrected chi connectivity index (χ1v) is 7.26. The molecule has 3 nitrogen and oxygen atoms in total. The van der Waals surface area contributed by atoms with Gasteiger partial charge in [0, 0.05) is 6.54 Å². The van der Waals surface area contributed by atoms with Crippen LogP contribution in [-0.2, 0) is 12.4 Å². The zero-order chi connectivity index (χ0) is 14.8. The van der Waals surface area contributed by atoms with E-state index >= 15 is 0 Å². The standard InChI is InChI=1S/C17H14ClN3/c1-12-5-7-13(8-6-12)11-21-15-4-2-3-14(10-19)17(15)20-16(21)9-18/h2-8H,9,11H2,1H3. The van der Waals surface area contributed by atoms with Crippen molar-refractivity contribution in [1.82, 2.24) is 9.55 Å². The molecule has 0 aliphatic heterocycles. The Bertz CT molecular complexity index is 826. The maximum absolute atomic E-state index is 9.20. The van der Waals surface area contributed by atoms with E-state index in [2.05, 4.69) is 46.8 Å². The molecule has 0 unspecified atom stereocenters. The Labute approximate surface area is 128 Å². The predicted molar refractivity (Wildman–Crippen MR) is 84.3 cm³/mol. The van der Waals surface area contributed by atoms with Crippen LogP contribution in [0.1, 0.15) is 22.5 Å². The average Bonchev–Trinajstić information content (AvgIpc) is 2.87. The van der Waals surface area contributed by atoms with Gasteiger partial charge in [-0.05, 0) is 24.6 Å². The summed E-state index contributed by atoms with van der Waals surface area (Å²) in [7, 11) is 0. The van der Waals surface area contributed by atoms with Gasteiger partial charge in [0.1, 0.15) is 17.4 Å². The highest BCUT2D eigenvalue weighted by atomic mass is 35.5. The van der Waals surface area contributed by atoms with Crippen molar-refractivity contribution >= 4 is 22.6 Å². The molecule has 104 valence electrons. The van der Waals surface area contributed by atoms with Crippen molar-refractivity contribution in [3.63, 3.8) is 0 Å². The number of rotatable bonds is 3. The van der Waals surface area contributed by atoms with Crippen molar-refractivity contribution in [3.05, 3.63) is 65.0 Å². The molecule has 4 heteroatoms. The van der Waals surface area contributed by atoms with Gasteiger partial charge in [0.2, 0.25) is 0 Å². The second-order valence-corrected chi connectivity index (χ2v) is 5.29. The second-order valence-electron chi connectivity index (χ2n) is 5.02. The maximum atomic E-state index is 9.20. The lowest BCUT2D eigenvalue weighted by molar-refractivity contribution is 0.778. The van der Waals surface area contributed by atoms with Crippen LogP contribution in [0.15, 0.2) is 42.5 Å². The minimum absolute atomic E-state index is 0.325. The number of alkyl halides is 1. The third-order valence-electron chi connectivity index (χ3n) is 3.56. The number of imidazole rings is 1. The van der Waals surface area contributed by atoms with E-state index < -0.39 is 0 Å². The average molecular weight is 296 g/mol. The monoisotopic (exact) mass is 295 g/mol. The van der Waals surface area contributed by atoms with E-state index in [1.54, 1.807) is 6.07 Å². The van der Waals surface area contributed by atoms with Gasteiger partial charge >= 0.3 is 0 Å². The van der Waals surface area contributed by atoms with Crippen molar-refractivity contribution in [3.8, 4) is 6.07 Å². The first-order valence-electron chi connectivity index (χ1n) is 6.72. The summed E-state index contributed by atoms with van der Waals surface area (Å²) in [5, 5.41) is 9.20. The lowest BCUT2D eigenvalue weighted by Crippen LogP contribution is -2.03. The molecule has 1 aromatic heterocycles. The van der Waals surface area contributed by atoms with Crippen LogP contribution in [0.5, 0.6) is 0 Å². The van der Waals surface area contributed by atoms with Crippen LogP contribution in [0.2, 0.25) is 0 Å². The topological polar surface area (TPSA) is 41.6 Å². The van der Waals surface area contributed by atoms with Gasteiger partial charge in [0.25, 0.3) is 0 Å². The minimum atomic E-state index is 0.325. The molecular weight excluding hydrogens is 282 g/mol. The summed E-state index contributed by atoms with van der Waals surface area (Å²) in [5.41, 5.74) is 4.68. The predicted octanol–water partition coefficient (Wildman–Crippen LogP) is 4.00. The van der Waals surface area contributed by atoms with E-state index in [0.717, 1.165) is 16.9 Å². The zero-order valence-corrected chi connectivity index (χ0v) is 12.4. The molecule has 0 fully saturated rings. The minimum Gasteiger partial charge on any atom is -0.322 e. The van der Waals surface area contributed by atoms with Gasteiger partial charge in [0.15, 0.2) is 0 Å². The van der Waals surface area contributed by atoms with Crippen LogP contribution in [0.25, 0.3) is 11.0 Å². The van der Waals surface area contributed by atoms with Crippen molar-refractivity contribution in [2.75, 3.05) is 0 Å². The molecule has 0 N–H and O–H groups in total.